The van der Waals surface area contributed by atoms with Gasteiger partial charge in [-0.3, -0.25) is 9.71 Å². The van der Waals surface area contributed by atoms with Gasteiger partial charge < -0.3 is 5.73 Å². The number of rotatable bonds is 3. The van der Waals surface area contributed by atoms with Gasteiger partial charge in [-0.05, 0) is 22.0 Å². The summed E-state index contributed by atoms with van der Waals surface area (Å²) in [4.78, 5) is 3.82. The Labute approximate surface area is 109 Å². The van der Waals surface area contributed by atoms with Gasteiger partial charge in [0, 0.05) is 12.4 Å². The van der Waals surface area contributed by atoms with E-state index >= 15 is 0 Å². The third-order valence-corrected chi connectivity index (χ3v) is 4.79. The molecule has 90 valence electrons. The molecule has 0 radical (unpaired) electrons. The van der Waals surface area contributed by atoms with E-state index in [-0.39, 0.29) is 9.47 Å². The van der Waals surface area contributed by atoms with E-state index in [9.17, 15) is 8.42 Å². The fourth-order valence-corrected chi connectivity index (χ4v) is 3.32. The zero-order chi connectivity index (χ0) is 12.5. The minimum absolute atomic E-state index is 0.0965. The summed E-state index contributed by atoms with van der Waals surface area (Å²) < 4.78 is 26.4. The van der Waals surface area contributed by atoms with Crippen LogP contribution in [0.1, 0.15) is 0 Å². The van der Waals surface area contributed by atoms with E-state index < -0.39 is 10.0 Å². The highest BCUT2D eigenvalue weighted by Gasteiger charge is 2.20. The molecule has 7 nitrogen and oxygen atoms in total. The van der Waals surface area contributed by atoms with Gasteiger partial charge in [-0.1, -0.05) is 11.3 Å². The molecule has 0 unspecified atom stereocenters. The minimum Gasteiger partial charge on any atom is -0.374 e. The van der Waals surface area contributed by atoms with Crippen molar-refractivity contribution in [3.05, 3.63) is 22.9 Å². The van der Waals surface area contributed by atoms with Crippen LogP contribution in [0.15, 0.2) is 27.3 Å². The summed E-state index contributed by atoms with van der Waals surface area (Å²) in [7, 11) is -3.76. The Bertz CT molecular complexity index is 641. The van der Waals surface area contributed by atoms with Gasteiger partial charge in [-0.25, -0.2) is 0 Å². The lowest BCUT2D eigenvalue weighted by Crippen LogP contribution is -2.13. The summed E-state index contributed by atoms with van der Waals surface area (Å²) in [5, 5.41) is 7.02. The normalized spacial score (nSPS) is 11.4. The number of pyridine rings is 1. The number of sulfonamides is 1. The summed E-state index contributed by atoms with van der Waals surface area (Å²) >= 11 is 3.97. The second-order valence-corrected chi connectivity index (χ2v) is 6.59. The van der Waals surface area contributed by atoms with Gasteiger partial charge in [0.05, 0.1) is 10.2 Å². The smallest absolute Gasteiger partial charge is 0.291 e. The molecule has 0 aliphatic carbocycles. The Kier molecular flexibility index (Phi) is 3.26. The number of nitrogens with one attached hydrogen (secondary N) is 1. The SMILES string of the molecule is Nc1nnc(S(=O)(=O)Nc2ccncc2Br)s1. The van der Waals surface area contributed by atoms with Crippen molar-refractivity contribution in [2.75, 3.05) is 10.5 Å². The van der Waals surface area contributed by atoms with E-state index in [1.54, 1.807) is 0 Å². The molecule has 10 heteroatoms. The van der Waals surface area contributed by atoms with Gasteiger partial charge in [-0.2, -0.15) is 8.42 Å². The summed E-state index contributed by atoms with van der Waals surface area (Å²) in [6, 6.07) is 1.52. The van der Waals surface area contributed by atoms with Crippen molar-refractivity contribution in [1.82, 2.24) is 15.2 Å². The molecule has 0 bridgehead atoms. The first-order valence-electron chi connectivity index (χ1n) is 4.20. The average molecular weight is 336 g/mol. The summed E-state index contributed by atoms with van der Waals surface area (Å²) in [5.41, 5.74) is 5.70. The molecule has 2 rings (SSSR count). The van der Waals surface area contributed by atoms with E-state index in [1.807, 2.05) is 0 Å². The first-order chi connectivity index (χ1) is 7.99. The number of halogens is 1. The number of aromatic nitrogens is 3. The molecule has 0 saturated heterocycles. The van der Waals surface area contributed by atoms with Gasteiger partial charge in [0.25, 0.3) is 14.4 Å². The number of hydrogen-bond donors (Lipinski definition) is 2. The lowest BCUT2D eigenvalue weighted by Gasteiger charge is -2.05. The molecule has 0 fully saturated rings. The monoisotopic (exact) mass is 335 g/mol. The lowest BCUT2D eigenvalue weighted by atomic mass is 10.4. The van der Waals surface area contributed by atoms with Crippen molar-refractivity contribution in [2.24, 2.45) is 0 Å². The first kappa shape index (κ1) is 12.2. The topological polar surface area (TPSA) is 111 Å². The van der Waals surface area contributed by atoms with Gasteiger partial charge in [0.2, 0.25) is 5.13 Å². The van der Waals surface area contributed by atoms with Crippen molar-refractivity contribution in [1.29, 1.82) is 0 Å². The first-order valence-corrected chi connectivity index (χ1v) is 7.29. The Morgan fingerprint density at radius 3 is 2.76 bits per heavy atom. The summed E-state index contributed by atoms with van der Waals surface area (Å²) in [6.07, 6.45) is 2.95. The van der Waals surface area contributed by atoms with Gasteiger partial charge >= 0.3 is 0 Å². The Morgan fingerprint density at radius 2 is 2.18 bits per heavy atom. The Hall–Kier alpha value is -1.26. The predicted molar refractivity (Wildman–Crippen MR) is 67.1 cm³/mol. The summed E-state index contributed by atoms with van der Waals surface area (Å²) in [6.45, 7) is 0. The van der Waals surface area contributed by atoms with Crippen LogP contribution < -0.4 is 10.5 Å². The van der Waals surface area contributed by atoms with Crippen LogP contribution in [0.3, 0.4) is 0 Å². The Balaban J connectivity index is 2.33. The van der Waals surface area contributed by atoms with Crippen molar-refractivity contribution in [3.63, 3.8) is 0 Å². The lowest BCUT2D eigenvalue weighted by molar-refractivity contribution is 0.599. The highest BCUT2D eigenvalue weighted by atomic mass is 79.9. The van der Waals surface area contributed by atoms with Crippen molar-refractivity contribution in [2.45, 2.75) is 4.34 Å². The quantitative estimate of drug-likeness (QED) is 0.868. The van der Waals surface area contributed by atoms with E-state index in [4.69, 9.17) is 5.73 Å². The van der Waals surface area contributed by atoms with Crippen LogP contribution in [0.2, 0.25) is 0 Å². The molecular weight excluding hydrogens is 330 g/mol. The molecule has 0 aromatic carbocycles. The highest BCUT2D eigenvalue weighted by molar-refractivity contribution is 9.10. The maximum Gasteiger partial charge on any atom is 0.291 e. The fourth-order valence-electron chi connectivity index (χ4n) is 0.975. The number of hydrogen-bond acceptors (Lipinski definition) is 7. The van der Waals surface area contributed by atoms with Crippen molar-refractivity contribution < 1.29 is 8.42 Å². The van der Waals surface area contributed by atoms with Crippen LogP contribution in [0.5, 0.6) is 0 Å². The average Bonchev–Trinajstić information content (AvgIpc) is 2.69. The predicted octanol–water partition coefficient (Wildman–Crippen LogP) is 1.08. The van der Waals surface area contributed by atoms with E-state index in [1.165, 1.54) is 18.5 Å². The molecule has 2 aromatic heterocycles. The standard InChI is InChI=1S/C7H6BrN5O2S2/c8-4-3-10-2-1-5(4)13-17(14,15)7-12-11-6(9)16-7/h1-3H,(H2,9,11)(H,10,13). The highest BCUT2D eigenvalue weighted by Crippen LogP contribution is 2.25. The van der Waals surface area contributed by atoms with E-state index in [2.05, 4.69) is 35.8 Å². The minimum atomic E-state index is -3.76. The van der Waals surface area contributed by atoms with Crippen LogP contribution in [0, 0.1) is 0 Å². The molecule has 3 N–H and O–H groups in total. The van der Waals surface area contributed by atoms with E-state index in [0.29, 0.717) is 10.2 Å². The molecule has 0 spiro atoms. The van der Waals surface area contributed by atoms with Crippen molar-refractivity contribution in [3.8, 4) is 0 Å². The number of nitrogen functional groups attached to an aromatic ring is 1. The fraction of sp³-hybridized carbons (Fsp3) is 0. The third kappa shape index (κ3) is 2.70. The molecule has 0 aliphatic rings. The van der Waals surface area contributed by atoms with Crippen LogP contribution in [0.25, 0.3) is 0 Å². The second-order valence-electron chi connectivity index (χ2n) is 2.87. The maximum atomic E-state index is 11.9. The molecule has 0 amide bonds. The number of anilines is 2. The number of nitrogens with two attached hydrogens (primary N) is 1. The molecule has 2 aromatic rings. The van der Waals surface area contributed by atoms with Crippen LogP contribution >= 0.6 is 27.3 Å². The zero-order valence-corrected chi connectivity index (χ0v) is 11.4. The molecule has 0 atom stereocenters. The molecule has 17 heavy (non-hydrogen) atoms. The molecular formula is C7H6BrN5O2S2. The maximum absolute atomic E-state index is 11.9. The van der Waals surface area contributed by atoms with Crippen LogP contribution in [-0.4, -0.2) is 23.6 Å². The molecule has 0 aliphatic heterocycles. The van der Waals surface area contributed by atoms with Crippen LogP contribution in [-0.2, 0) is 10.0 Å². The third-order valence-electron chi connectivity index (χ3n) is 1.67. The molecule has 0 saturated carbocycles. The Morgan fingerprint density at radius 1 is 1.41 bits per heavy atom. The van der Waals surface area contributed by atoms with Gasteiger partial charge in [0.1, 0.15) is 0 Å². The van der Waals surface area contributed by atoms with Gasteiger partial charge in [0.15, 0.2) is 0 Å². The largest absolute Gasteiger partial charge is 0.374 e. The summed E-state index contributed by atoms with van der Waals surface area (Å²) in [5.74, 6) is 0. The van der Waals surface area contributed by atoms with Crippen molar-refractivity contribution >= 4 is 48.1 Å². The second kappa shape index (κ2) is 4.55. The zero-order valence-electron chi connectivity index (χ0n) is 8.16. The van der Waals surface area contributed by atoms with Gasteiger partial charge in [-0.15, -0.1) is 10.2 Å². The molecule has 2 heterocycles. The number of nitrogens with zero attached hydrogens (tertiary/aromatic N) is 3. The van der Waals surface area contributed by atoms with Crippen LogP contribution in [0.4, 0.5) is 10.8 Å². The van der Waals surface area contributed by atoms with E-state index in [0.717, 1.165) is 11.3 Å².